The molecule has 160 valence electrons. The number of halogens is 1. The predicted octanol–water partition coefficient (Wildman–Crippen LogP) is 2.39. The Kier molecular flexibility index (Phi) is 6.36. The van der Waals surface area contributed by atoms with Crippen LogP contribution in [0.4, 0.5) is 5.69 Å². The first kappa shape index (κ1) is 21.6. The summed E-state index contributed by atoms with van der Waals surface area (Å²) in [5.74, 6) is 0. The average Bonchev–Trinajstić information content (AvgIpc) is 3.18. The second-order valence-electron chi connectivity index (χ2n) is 6.95. The van der Waals surface area contributed by atoms with Crippen LogP contribution in [0.5, 0.6) is 0 Å². The molecule has 2 aromatic carbocycles. The van der Waals surface area contributed by atoms with Crippen LogP contribution in [-0.4, -0.2) is 48.4 Å². The number of alkyl halides is 1. The van der Waals surface area contributed by atoms with Crippen molar-refractivity contribution in [1.29, 1.82) is 0 Å². The van der Waals surface area contributed by atoms with Crippen LogP contribution in [0.15, 0.2) is 59.5 Å². The number of para-hydroxylation sites is 1. The van der Waals surface area contributed by atoms with Gasteiger partial charge in [-0.3, -0.25) is 10.1 Å². The van der Waals surface area contributed by atoms with E-state index in [4.69, 9.17) is 14.2 Å². The fourth-order valence-corrected chi connectivity index (χ4v) is 6.38. The van der Waals surface area contributed by atoms with Crippen molar-refractivity contribution in [2.24, 2.45) is 0 Å². The summed E-state index contributed by atoms with van der Waals surface area (Å²) in [6.07, 6.45) is -1.51. The summed E-state index contributed by atoms with van der Waals surface area (Å²) >= 11 is 2.13. The van der Waals surface area contributed by atoms with E-state index >= 15 is 0 Å². The lowest BCUT2D eigenvalue weighted by Crippen LogP contribution is -2.58. The first-order valence-electron chi connectivity index (χ1n) is 9.19. The highest BCUT2D eigenvalue weighted by atomic mass is 127. The van der Waals surface area contributed by atoms with Crippen molar-refractivity contribution in [3.05, 3.63) is 70.3 Å². The molecular weight excluding hydrogens is 527 g/mol. The van der Waals surface area contributed by atoms with Gasteiger partial charge in [-0.1, -0.05) is 65.1 Å². The minimum Gasteiger partial charge on any atom is -0.370 e. The number of nitro benzene ring substituents is 1. The van der Waals surface area contributed by atoms with Gasteiger partial charge in [0.15, 0.2) is 11.2 Å². The third-order valence-corrected chi connectivity index (χ3v) is 7.97. The van der Waals surface area contributed by atoms with Crippen LogP contribution in [0.1, 0.15) is 5.56 Å². The highest BCUT2D eigenvalue weighted by Gasteiger charge is 2.51. The fourth-order valence-electron chi connectivity index (χ4n) is 3.52. The molecule has 11 heteroatoms. The zero-order chi connectivity index (χ0) is 21.3. The second-order valence-corrected chi connectivity index (χ2v) is 10.1. The Morgan fingerprint density at radius 2 is 1.87 bits per heavy atom. The molecule has 30 heavy (non-hydrogen) atoms. The SMILES string of the molecule is O=[N+]([O-])c1ccccc1S(=O)(=O)N[C@H]1[C@@H]2OC[C@@H](O2)[C@@H](OCc2ccccc2)[C@@H]1I. The van der Waals surface area contributed by atoms with Gasteiger partial charge in [0.2, 0.25) is 10.0 Å². The lowest BCUT2D eigenvalue weighted by Gasteiger charge is -2.38. The van der Waals surface area contributed by atoms with Gasteiger partial charge >= 0.3 is 0 Å². The molecule has 0 amide bonds. The number of nitrogens with zero attached hydrogens (tertiary/aromatic N) is 1. The van der Waals surface area contributed by atoms with Crippen molar-refractivity contribution in [2.75, 3.05) is 6.61 Å². The highest BCUT2D eigenvalue weighted by molar-refractivity contribution is 14.1. The first-order valence-corrected chi connectivity index (χ1v) is 11.9. The Balaban J connectivity index is 1.54. The first-order chi connectivity index (χ1) is 14.4. The smallest absolute Gasteiger partial charge is 0.289 e. The van der Waals surface area contributed by atoms with Gasteiger partial charge in [-0.25, -0.2) is 13.1 Å². The van der Waals surface area contributed by atoms with Gasteiger partial charge < -0.3 is 14.2 Å². The number of benzene rings is 2. The molecule has 2 fully saturated rings. The van der Waals surface area contributed by atoms with E-state index in [0.29, 0.717) is 6.61 Å². The minimum absolute atomic E-state index is 0.285. The monoisotopic (exact) mass is 546 g/mol. The number of ether oxygens (including phenoxy) is 3. The van der Waals surface area contributed by atoms with Crippen molar-refractivity contribution >= 4 is 38.3 Å². The van der Waals surface area contributed by atoms with E-state index in [2.05, 4.69) is 27.3 Å². The van der Waals surface area contributed by atoms with Crippen molar-refractivity contribution in [2.45, 2.75) is 40.0 Å². The summed E-state index contributed by atoms with van der Waals surface area (Å²) in [4.78, 5) is 10.1. The molecule has 2 aliphatic heterocycles. The zero-order valence-electron chi connectivity index (χ0n) is 15.6. The molecule has 2 aliphatic rings. The molecular formula is C19H19IN2O7S. The molecule has 0 aromatic heterocycles. The van der Waals surface area contributed by atoms with Crippen LogP contribution in [-0.2, 0) is 30.8 Å². The van der Waals surface area contributed by atoms with Crippen LogP contribution < -0.4 is 4.72 Å². The second kappa shape index (κ2) is 8.85. The molecule has 2 heterocycles. The molecule has 2 bridgehead atoms. The average molecular weight is 546 g/mol. The zero-order valence-corrected chi connectivity index (χ0v) is 18.6. The molecule has 0 unspecified atom stereocenters. The number of hydrogen-bond acceptors (Lipinski definition) is 7. The Bertz CT molecular complexity index is 1020. The molecule has 5 atom stereocenters. The summed E-state index contributed by atoms with van der Waals surface area (Å²) in [5, 5.41) is 11.3. The Hall–Kier alpha value is -1.64. The van der Waals surface area contributed by atoms with E-state index in [9.17, 15) is 18.5 Å². The summed E-state index contributed by atoms with van der Waals surface area (Å²) in [6.45, 7) is 0.631. The van der Waals surface area contributed by atoms with E-state index in [1.54, 1.807) is 0 Å². The lowest BCUT2D eigenvalue weighted by molar-refractivity contribution is -0.387. The number of hydrogen-bond donors (Lipinski definition) is 1. The van der Waals surface area contributed by atoms with Gasteiger partial charge in [-0.15, -0.1) is 0 Å². The van der Waals surface area contributed by atoms with Gasteiger partial charge in [0.1, 0.15) is 6.10 Å². The molecule has 0 spiro atoms. The maximum absolute atomic E-state index is 13.0. The van der Waals surface area contributed by atoms with Crippen molar-refractivity contribution < 1.29 is 27.6 Å². The molecule has 0 saturated carbocycles. The number of rotatable bonds is 7. The van der Waals surface area contributed by atoms with E-state index in [1.165, 1.54) is 18.2 Å². The number of fused-ring (bicyclic) bond motifs is 2. The molecule has 2 aromatic rings. The highest BCUT2D eigenvalue weighted by Crippen LogP contribution is 2.36. The molecule has 0 radical (unpaired) electrons. The quantitative estimate of drug-likeness (QED) is 0.245. The van der Waals surface area contributed by atoms with E-state index in [0.717, 1.165) is 11.6 Å². The fraction of sp³-hybridized carbons (Fsp3) is 0.368. The number of sulfonamides is 1. The van der Waals surface area contributed by atoms with Crippen LogP contribution in [0, 0.1) is 10.1 Å². The van der Waals surface area contributed by atoms with Crippen LogP contribution >= 0.6 is 22.6 Å². The number of nitro groups is 1. The Morgan fingerprint density at radius 3 is 2.60 bits per heavy atom. The third-order valence-electron chi connectivity index (χ3n) is 4.98. The van der Waals surface area contributed by atoms with Crippen molar-refractivity contribution in [1.82, 2.24) is 4.72 Å². The van der Waals surface area contributed by atoms with Gasteiger partial charge in [0, 0.05) is 6.07 Å². The predicted molar refractivity (Wildman–Crippen MR) is 115 cm³/mol. The molecule has 1 N–H and O–H groups in total. The summed E-state index contributed by atoms with van der Waals surface area (Å²) in [6, 6.07) is 14.1. The molecule has 4 rings (SSSR count). The van der Waals surface area contributed by atoms with E-state index < -0.39 is 44.0 Å². The Morgan fingerprint density at radius 1 is 1.17 bits per heavy atom. The topological polar surface area (TPSA) is 117 Å². The maximum Gasteiger partial charge on any atom is 0.289 e. The summed E-state index contributed by atoms with van der Waals surface area (Å²) in [7, 11) is -4.20. The normalized spacial score (nSPS) is 28.4. The third kappa shape index (κ3) is 4.36. The molecule has 2 saturated heterocycles. The summed E-state index contributed by atoms with van der Waals surface area (Å²) in [5.41, 5.74) is 0.494. The van der Waals surface area contributed by atoms with Gasteiger partial charge in [0.05, 0.1) is 34.2 Å². The van der Waals surface area contributed by atoms with Gasteiger partial charge in [0.25, 0.3) is 5.69 Å². The molecule has 0 aliphatic carbocycles. The largest absolute Gasteiger partial charge is 0.370 e. The van der Waals surface area contributed by atoms with E-state index in [-0.39, 0.29) is 16.6 Å². The van der Waals surface area contributed by atoms with Crippen LogP contribution in [0.3, 0.4) is 0 Å². The summed E-state index contributed by atoms with van der Waals surface area (Å²) < 4.78 is 45.7. The van der Waals surface area contributed by atoms with Crippen LogP contribution in [0.25, 0.3) is 0 Å². The lowest BCUT2D eigenvalue weighted by atomic mass is 10.0. The van der Waals surface area contributed by atoms with Gasteiger partial charge in [-0.05, 0) is 11.6 Å². The standard InChI is InChI=1S/C19H19IN2O7S/c20-16-17(21-30(25,26)15-9-5-4-8-13(15)22(23)24)19-28-11-14(29-19)18(16)27-10-12-6-2-1-3-7-12/h1-9,14,16-19,21H,10-11H2/t14-,16-,17-,18-,19-/m1/s1. The Labute approximate surface area is 187 Å². The maximum atomic E-state index is 13.0. The van der Waals surface area contributed by atoms with Crippen molar-refractivity contribution in [3.8, 4) is 0 Å². The molecule has 9 nitrogen and oxygen atoms in total. The van der Waals surface area contributed by atoms with Crippen LogP contribution in [0.2, 0.25) is 0 Å². The van der Waals surface area contributed by atoms with Gasteiger partial charge in [-0.2, -0.15) is 0 Å². The van der Waals surface area contributed by atoms with E-state index in [1.807, 2.05) is 30.3 Å². The van der Waals surface area contributed by atoms with Crippen molar-refractivity contribution in [3.63, 3.8) is 0 Å². The minimum atomic E-state index is -4.20. The number of nitrogens with one attached hydrogen (secondary N) is 1.